The van der Waals surface area contributed by atoms with Gasteiger partial charge in [-0.2, -0.15) is 0 Å². The summed E-state index contributed by atoms with van der Waals surface area (Å²) in [6, 6.07) is 13.6. The summed E-state index contributed by atoms with van der Waals surface area (Å²) in [6.07, 6.45) is 6.55. The molecule has 1 saturated carbocycles. The van der Waals surface area contributed by atoms with Gasteiger partial charge < -0.3 is 9.47 Å². The fourth-order valence-electron chi connectivity index (χ4n) is 5.51. The number of halogens is 4. The Morgan fingerprint density at radius 2 is 1.41 bits per heavy atom. The molecule has 1 unspecified atom stereocenters. The topological polar surface area (TPSA) is 18.5 Å². The summed E-state index contributed by atoms with van der Waals surface area (Å²) < 4.78 is 69.0. The maximum absolute atomic E-state index is 15.1. The van der Waals surface area contributed by atoms with Crippen LogP contribution in [0.2, 0.25) is 0 Å². The van der Waals surface area contributed by atoms with Gasteiger partial charge in [-0.05, 0) is 97.0 Å². The van der Waals surface area contributed by atoms with Crippen LogP contribution >= 0.6 is 0 Å². The molecule has 3 aromatic carbocycles. The van der Waals surface area contributed by atoms with E-state index in [2.05, 4.69) is 6.92 Å². The first-order valence-electron chi connectivity index (χ1n) is 14.2. The van der Waals surface area contributed by atoms with Crippen molar-refractivity contribution in [1.82, 2.24) is 0 Å². The Hall–Kier alpha value is -3.02. The van der Waals surface area contributed by atoms with Gasteiger partial charge in [-0.3, -0.25) is 0 Å². The highest BCUT2D eigenvalue weighted by molar-refractivity contribution is 5.65. The SMILES string of the molecule is CCCCC1CCC(c2ccc(-c3ccc(OCCC(F)c4ccc(OCC)c(F)c4)c(F)c3)cc2F)CC1. The van der Waals surface area contributed by atoms with E-state index in [0.29, 0.717) is 17.7 Å². The Balaban J connectivity index is 1.32. The van der Waals surface area contributed by atoms with Crippen LogP contribution in [-0.4, -0.2) is 13.2 Å². The highest BCUT2D eigenvalue weighted by Gasteiger charge is 2.24. The van der Waals surface area contributed by atoms with E-state index in [9.17, 15) is 13.2 Å². The van der Waals surface area contributed by atoms with Gasteiger partial charge in [-0.15, -0.1) is 0 Å². The zero-order valence-electron chi connectivity index (χ0n) is 22.8. The van der Waals surface area contributed by atoms with Crippen molar-refractivity contribution in [2.24, 2.45) is 5.92 Å². The Kier molecular flexibility index (Phi) is 10.3. The summed E-state index contributed by atoms with van der Waals surface area (Å²) in [6.45, 7) is 4.18. The van der Waals surface area contributed by atoms with Crippen molar-refractivity contribution < 1.29 is 27.0 Å². The molecule has 0 aliphatic heterocycles. The van der Waals surface area contributed by atoms with E-state index in [1.54, 1.807) is 13.0 Å². The molecule has 4 rings (SSSR count). The molecule has 6 heteroatoms. The second kappa shape index (κ2) is 13.9. The molecule has 0 N–H and O–H groups in total. The van der Waals surface area contributed by atoms with E-state index in [1.807, 2.05) is 12.1 Å². The van der Waals surface area contributed by atoms with E-state index in [1.165, 1.54) is 49.6 Å². The zero-order valence-corrected chi connectivity index (χ0v) is 22.8. The number of alkyl halides is 1. The summed E-state index contributed by atoms with van der Waals surface area (Å²) in [4.78, 5) is 0. The van der Waals surface area contributed by atoms with Crippen LogP contribution in [0.15, 0.2) is 54.6 Å². The summed E-state index contributed by atoms with van der Waals surface area (Å²) in [5.41, 5.74) is 2.06. The number of ether oxygens (including phenoxy) is 2. The van der Waals surface area contributed by atoms with E-state index in [4.69, 9.17) is 9.47 Å². The van der Waals surface area contributed by atoms with Crippen LogP contribution in [0.25, 0.3) is 11.1 Å². The molecule has 0 aromatic heterocycles. The molecule has 3 aromatic rings. The van der Waals surface area contributed by atoms with Gasteiger partial charge in [-0.1, -0.05) is 50.5 Å². The van der Waals surface area contributed by atoms with Crippen molar-refractivity contribution >= 4 is 0 Å². The van der Waals surface area contributed by atoms with Crippen molar-refractivity contribution in [3.63, 3.8) is 0 Å². The van der Waals surface area contributed by atoms with Crippen molar-refractivity contribution in [2.75, 3.05) is 13.2 Å². The quantitative estimate of drug-likeness (QED) is 0.212. The number of benzene rings is 3. The van der Waals surface area contributed by atoms with Crippen molar-refractivity contribution in [3.05, 3.63) is 83.2 Å². The van der Waals surface area contributed by atoms with Gasteiger partial charge in [0.25, 0.3) is 0 Å². The van der Waals surface area contributed by atoms with Crippen LogP contribution in [-0.2, 0) is 0 Å². The number of unbranched alkanes of at least 4 members (excludes halogenated alkanes) is 1. The van der Waals surface area contributed by atoms with Crippen LogP contribution < -0.4 is 9.47 Å². The first kappa shape index (κ1) is 29.0. The largest absolute Gasteiger partial charge is 0.491 e. The standard InChI is InChI=1S/C33H38F4O2/c1-3-5-6-22-7-9-23(10-8-22)27-14-11-24(19-29(27)35)25-12-15-33(30(36)20-25)39-18-17-28(34)26-13-16-32(38-4-2)31(37)21-26/h11-16,19-23,28H,3-10,17-18H2,1-2H3. The smallest absolute Gasteiger partial charge is 0.165 e. The third-order valence-electron chi connectivity index (χ3n) is 7.76. The Labute approximate surface area is 229 Å². The second-order valence-corrected chi connectivity index (χ2v) is 10.5. The molecule has 39 heavy (non-hydrogen) atoms. The molecular formula is C33H38F4O2. The molecule has 210 valence electrons. The van der Waals surface area contributed by atoms with Gasteiger partial charge in [0.1, 0.15) is 12.0 Å². The predicted octanol–water partition coefficient (Wildman–Crippen LogP) is 10.1. The van der Waals surface area contributed by atoms with Crippen LogP contribution in [0.4, 0.5) is 17.6 Å². The molecule has 0 saturated heterocycles. The van der Waals surface area contributed by atoms with Crippen molar-refractivity contribution in [1.29, 1.82) is 0 Å². The molecular weight excluding hydrogens is 504 g/mol. The Bertz CT molecular complexity index is 1220. The minimum absolute atomic E-state index is 0.0132. The summed E-state index contributed by atoms with van der Waals surface area (Å²) in [5, 5.41) is 0. The normalized spacial score (nSPS) is 18.1. The Morgan fingerprint density at radius 1 is 0.769 bits per heavy atom. The lowest BCUT2D eigenvalue weighted by atomic mass is 9.77. The van der Waals surface area contributed by atoms with Crippen molar-refractivity contribution in [2.45, 2.75) is 77.3 Å². The average molecular weight is 543 g/mol. The van der Waals surface area contributed by atoms with E-state index >= 15 is 4.39 Å². The molecule has 0 heterocycles. The zero-order chi connectivity index (χ0) is 27.8. The molecule has 1 aliphatic rings. The van der Waals surface area contributed by atoms with Crippen LogP contribution in [0.1, 0.15) is 88.4 Å². The van der Waals surface area contributed by atoms with E-state index < -0.39 is 17.8 Å². The minimum Gasteiger partial charge on any atom is -0.491 e. The van der Waals surface area contributed by atoms with Gasteiger partial charge in [0.2, 0.25) is 0 Å². The maximum Gasteiger partial charge on any atom is 0.165 e. The fourth-order valence-corrected chi connectivity index (χ4v) is 5.51. The van der Waals surface area contributed by atoms with Gasteiger partial charge in [0.05, 0.1) is 13.2 Å². The summed E-state index contributed by atoms with van der Waals surface area (Å²) >= 11 is 0. The van der Waals surface area contributed by atoms with Crippen LogP contribution in [0.5, 0.6) is 11.5 Å². The number of hydrogen-bond donors (Lipinski definition) is 0. The van der Waals surface area contributed by atoms with Gasteiger partial charge in [-0.25, -0.2) is 17.6 Å². The van der Waals surface area contributed by atoms with Gasteiger partial charge in [0, 0.05) is 6.42 Å². The van der Waals surface area contributed by atoms with Gasteiger partial charge in [0.15, 0.2) is 23.1 Å². The first-order valence-corrected chi connectivity index (χ1v) is 14.2. The highest BCUT2D eigenvalue weighted by Crippen LogP contribution is 2.39. The second-order valence-electron chi connectivity index (χ2n) is 10.5. The van der Waals surface area contributed by atoms with E-state index in [0.717, 1.165) is 43.2 Å². The first-order chi connectivity index (χ1) is 18.9. The highest BCUT2D eigenvalue weighted by atomic mass is 19.1. The monoisotopic (exact) mass is 542 g/mol. The third-order valence-corrected chi connectivity index (χ3v) is 7.76. The fraction of sp³-hybridized carbons (Fsp3) is 0.455. The van der Waals surface area contributed by atoms with Crippen LogP contribution in [0.3, 0.4) is 0 Å². The predicted molar refractivity (Wildman–Crippen MR) is 148 cm³/mol. The molecule has 1 aliphatic carbocycles. The lowest BCUT2D eigenvalue weighted by Gasteiger charge is -2.29. The molecule has 0 spiro atoms. The lowest BCUT2D eigenvalue weighted by Crippen LogP contribution is -2.14. The van der Waals surface area contributed by atoms with Crippen molar-refractivity contribution in [3.8, 4) is 22.6 Å². The third kappa shape index (κ3) is 7.55. The molecule has 1 atom stereocenters. The minimum atomic E-state index is -1.47. The molecule has 1 fully saturated rings. The number of hydrogen-bond acceptors (Lipinski definition) is 2. The average Bonchev–Trinajstić information content (AvgIpc) is 2.94. The van der Waals surface area contributed by atoms with Gasteiger partial charge >= 0.3 is 0 Å². The molecule has 2 nitrogen and oxygen atoms in total. The van der Waals surface area contributed by atoms with Crippen LogP contribution in [0, 0.1) is 23.4 Å². The Morgan fingerprint density at radius 3 is 2.05 bits per heavy atom. The molecule has 0 radical (unpaired) electrons. The summed E-state index contributed by atoms with van der Waals surface area (Å²) in [5.74, 6) is -0.415. The maximum atomic E-state index is 15.1. The summed E-state index contributed by atoms with van der Waals surface area (Å²) in [7, 11) is 0. The molecule has 0 amide bonds. The number of rotatable bonds is 12. The lowest BCUT2D eigenvalue weighted by molar-refractivity contribution is 0.230. The molecule has 0 bridgehead atoms. The van der Waals surface area contributed by atoms with E-state index in [-0.39, 0.29) is 41.8 Å².